The Morgan fingerprint density at radius 1 is 1.33 bits per heavy atom. The molecule has 15 heavy (non-hydrogen) atoms. The van der Waals surface area contributed by atoms with Crippen LogP contribution in [0, 0.1) is 11.8 Å². The van der Waals surface area contributed by atoms with Crippen LogP contribution in [0.2, 0.25) is 0 Å². The lowest BCUT2D eigenvalue weighted by Crippen LogP contribution is -2.39. The number of hydrogen-bond donors (Lipinski definition) is 1. The summed E-state index contributed by atoms with van der Waals surface area (Å²) in [6, 6.07) is 0.695. The van der Waals surface area contributed by atoms with Gasteiger partial charge < -0.3 is 10.2 Å². The Labute approximate surface area is 95.4 Å². The minimum Gasteiger partial charge on any atom is -0.313 e. The highest BCUT2D eigenvalue weighted by atomic mass is 15.2. The largest absolute Gasteiger partial charge is 0.313 e. The van der Waals surface area contributed by atoms with Gasteiger partial charge in [0.1, 0.15) is 0 Å². The van der Waals surface area contributed by atoms with E-state index in [0.29, 0.717) is 6.04 Å². The summed E-state index contributed by atoms with van der Waals surface area (Å²) in [4.78, 5) is 2.64. The van der Waals surface area contributed by atoms with Crippen molar-refractivity contribution in [3.8, 4) is 0 Å². The van der Waals surface area contributed by atoms with Crippen LogP contribution in [-0.4, -0.2) is 37.1 Å². The molecule has 0 amide bonds. The van der Waals surface area contributed by atoms with Crippen molar-refractivity contribution in [3.05, 3.63) is 0 Å². The minimum atomic E-state index is 0.695. The second-order valence-corrected chi connectivity index (χ2v) is 5.22. The Hall–Kier alpha value is -0.0800. The zero-order valence-electron chi connectivity index (χ0n) is 10.9. The van der Waals surface area contributed by atoms with E-state index in [0.717, 1.165) is 18.4 Å². The lowest BCUT2D eigenvalue weighted by atomic mass is 9.95. The molecule has 1 N–H and O–H groups in total. The molecule has 0 aliphatic carbocycles. The maximum Gasteiger partial charge on any atom is 0.0192 e. The molecule has 2 atom stereocenters. The molecule has 2 unspecified atom stereocenters. The van der Waals surface area contributed by atoms with Gasteiger partial charge in [-0.05, 0) is 37.8 Å². The predicted molar refractivity (Wildman–Crippen MR) is 67.1 cm³/mol. The fourth-order valence-corrected chi connectivity index (χ4v) is 2.51. The van der Waals surface area contributed by atoms with Gasteiger partial charge in [0.15, 0.2) is 0 Å². The topological polar surface area (TPSA) is 15.3 Å². The first-order valence-electron chi connectivity index (χ1n) is 6.63. The van der Waals surface area contributed by atoms with Crippen molar-refractivity contribution in [1.29, 1.82) is 0 Å². The van der Waals surface area contributed by atoms with Crippen LogP contribution in [0.15, 0.2) is 0 Å². The average Bonchev–Trinajstić information content (AvgIpc) is 2.65. The minimum absolute atomic E-state index is 0.695. The van der Waals surface area contributed by atoms with Crippen LogP contribution in [0.5, 0.6) is 0 Å². The third kappa shape index (κ3) is 4.12. The van der Waals surface area contributed by atoms with Gasteiger partial charge in [0, 0.05) is 19.1 Å². The third-order valence-electron chi connectivity index (χ3n) is 3.72. The number of rotatable bonds is 6. The molecule has 1 aliphatic rings. The van der Waals surface area contributed by atoms with E-state index < -0.39 is 0 Å². The first-order valence-corrected chi connectivity index (χ1v) is 6.63. The standard InChI is InChI=1S/C13H28N2/c1-5-13(14-6-2)10-15-8-7-12(9-15)11(3)4/h11-14H,5-10H2,1-4H3. The molecule has 1 saturated heterocycles. The van der Waals surface area contributed by atoms with Gasteiger partial charge in [0.2, 0.25) is 0 Å². The van der Waals surface area contributed by atoms with Crippen LogP contribution >= 0.6 is 0 Å². The summed E-state index contributed by atoms with van der Waals surface area (Å²) in [7, 11) is 0. The van der Waals surface area contributed by atoms with Crippen LogP contribution < -0.4 is 5.32 Å². The fraction of sp³-hybridized carbons (Fsp3) is 1.00. The molecule has 0 aromatic rings. The third-order valence-corrected chi connectivity index (χ3v) is 3.72. The zero-order chi connectivity index (χ0) is 11.3. The molecule has 90 valence electrons. The van der Waals surface area contributed by atoms with Gasteiger partial charge in [-0.15, -0.1) is 0 Å². The molecule has 2 heteroatoms. The van der Waals surface area contributed by atoms with E-state index in [-0.39, 0.29) is 0 Å². The van der Waals surface area contributed by atoms with Crippen molar-refractivity contribution < 1.29 is 0 Å². The van der Waals surface area contributed by atoms with Gasteiger partial charge in [-0.1, -0.05) is 27.7 Å². The maximum atomic E-state index is 3.56. The molecular formula is C13H28N2. The normalized spacial score (nSPS) is 25.0. The molecule has 0 saturated carbocycles. The van der Waals surface area contributed by atoms with E-state index in [9.17, 15) is 0 Å². The first-order chi connectivity index (χ1) is 7.17. The van der Waals surface area contributed by atoms with Gasteiger partial charge in [0.05, 0.1) is 0 Å². The van der Waals surface area contributed by atoms with E-state index in [2.05, 4.69) is 37.9 Å². The van der Waals surface area contributed by atoms with Gasteiger partial charge in [-0.2, -0.15) is 0 Å². The second kappa shape index (κ2) is 6.49. The smallest absolute Gasteiger partial charge is 0.0192 e. The number of likely N-dealkylation sites (N-methyl/N-ethyl adjacent to an activating group) is 1. The van der Waals surface area contributed by atoms with Crippen molar-refractivity contribution in [3.63, 3.8) is 0 Å². The Kier molecular flexibility index (Phi) is 5.62. The summed E-state index contributed by atoms with van der Waals surface area (Å²) < 4.78 is 0. The zero-order valence-corrected chi connectivity index (χ0v) is 10.9. The van der Waals surface area contributed by atoms with E-state index in [4.69, 9.17) is 0 Å². The molecule has 2 nitrogen and oxygen atoms in total. The summed E-state index contributed by atoms with van der Waals surface area (Å²) in [5, 5.41) is 3.56. The summed E-state index contributed by atoms with van der Waals surface area (Å²) in [6.45, 7) is 14.2. The SMILES string of the molecule is CCNC(CC)CN1CCC(C(C)C)C1. The molecular weight excluding hydrogens is 184 g/mol. The van der Waals surface area contributed by atoms with Crippen molar-refractivity contribution in [1.82, 2.24) is 10.2 Å². The highest BCUT2D eigenvalue weighted by Gasteiger charge is 2.25. The quantitative estimate of drug-likeness (QED) is 0.727. The molecule has 0 aromatic heterocycles. The van der Waals surface area contributed by atoms with E-state index in [1.807, 2.05) is 0 Å². The number of hydrogen-bond acceptors (Lipinski definition) is 2. The van der Waals surface area contributed by atoms with Gasteiger partial charge in [-0.25, -0.2) is 0 Å². The maximum absolute atomic E-state index is 3.56. The van der Waals surface area contributed by atoms with Crippen molar-refractivity contribution in [2.75, 3.05) is 26.2 Å². The Morgan fingerprint density at radius 2 is 2.07 bits per heavy atom. The van der Waals surface area contributed by atoms with E-state index >= 15 is 0 Å². The highest BCUT2D eigenvalue weighted by molar-refractivity contribution is 4.80. The molecule has 1 rings (SSSR count). The fourth-order valence-electron chi connectivity index (χ4n) is 2.51. The monoisotopic (exact) mass is 212 g/mol. The average molecular weight is 212 g/mol. The van der Waals surface area contributed by atoms with E-state index in [1.54, 1.807) is 0 Å². The predicted octanol–water partition coefficient (Wildman–Crippen LogP) is 2.35. The lowest BCUT2D eigenvalue weighted by Gasteiger charge is -2.24. The van der Waals surface area contributed by atoms with Crippen LogP contribution in [0.25, 0.3) is 0 Å². The number of nitrogens with zero attached hydrogens (tertiary/aromatic N) is 1. The van der Waals surface area contributed by atoms with Crippen LogP contribution in [0.3, 0.4) is 0 Å². The van der Waals surface area contributed by atoms with Crippen molar-refractivity contribution in [2.24, 2.45) is 11.8 Å². The molecule has 1 fully saturated rings. The van der Waals surface area contributed by atoms with Crippen LogP contribution in [0.1, 0.15) is 40.5 Å². The molecule has 0 radical (unpaired) electrons. The summed E-state index contributed by atoms with van der Waals surface area (Å²) in [5.41, 5.74) is 0. The first kappa shape index (κ1) is 13.0. The number of nitrogens with one attached hydrogen (secondary N) is 1. The molecule has 0 spiro atoms. The van der Waals surface area contributed by atoms with Gasteiger partial charge in [-0.3, -0.25) is 0 Å². The van der Waals surface area contributed by atoms with E-state index in [1.165, 1.54) is 32.5 Å². The van der Waals surface area contributed by atoms with Crippen LogP contribution in [0.4, 0.5) is 0 Å². The van der Waals surface area contributed by atoms with Gasteiger partial charge >= 0.3 is 0 Å². The lowest BCUT2D eigenvalue weighted by molar-refractivity contribution is 0.267. The summed E-state index contributed by atoms with van der Waals surface area (Å²) >= 11 is 0. The Morgan fingerprint density at radius 3 is 2.53 bits per heavy atom. The number of likely N-dealkylation sites (tertiary alicyclic amines) is 1. The summed E-state index contributed by atoms with van der Waals surface area (Å²) in [6.07, 6.45) is 2.65. The van der Waals surface area contributed by atoms with Gasteiger partial charge in [0.25, 0.3) is 0 Å². The Bertz CT molecular complexity index is 168. The molecule has 1 heterocycles. The van der Waals surface area contributed by atoms with Crippen molar-refractivity contribution >= 4 is 0 Å². The molecule has 0 bridgehead atoms. The highest BCUT2D eigenvalue weighted by Crippen LogP contribution is 2.23. The second-order valence-electron chi connectivity index (χ2n) is 5.22. The Balaban J connectivity index is 2.27. The molecule has 1 aliphatic heterocycles. The van der Waals surface area contributed by atoms with Crippen molar-refractivity contribution in [2.45, 2.75) is 46.6 Å². The van der Waals surface area contributed by atoms with Crippen LogP contribution in [-0.2, 0) is 0 Å². The molecule has 0 aromatic carbocycles. The summed E-state index contributed by atoms with van der Waals surface area (Å²) in [5.74, 6) is 1.79.